The maximum absolute atomic E-state index is 5.39. The molecule has 0 amide bonds. The molecule has 0 aliphatic rings. The van der Waals surface area contributed by atoms with E-state index >= 15 is 0 Å². The Morgan fingerprint density at radius 1 is 1.09 bits per heavy atom. The van der Waals surface area contributed by atoms with Gasteiger partial charge in [-0.1, -0.05) is 0 Å². The highest BCUT2D eigenvalue weighted by molar-refractivity contribution is 7.97. The van der Waals surface area contributed by atoms with Gasteiger partial charge in [0.2, 0.25) is 0 Å². The van der Waals surface area contributed by atoms with Crippen LogP contribution in [-0.4, -0.2) is 58.5 Å². The van der Waals surface area contributed by atoms with Crippen molar-refractivity contribution >= 4 is 44.5 Å². The monoisotopic (exact) mass is 494 g/mol. The first kappa shape index (κ1) is 23.0. The Labute approximate surface area is 205 Å². The highest BCUT2D eigenvalue weighted by Gasteiger charge is 2.17. The van der Waals surface area contributed by atoms with Crippen molar-refractivity contribution in [2.75, 3.05) is 34.0 Å². The van der Waals surface area contributed by atoms with E-state index in [1.54, 1.807) is 37.5 Å². The van der Waals surface area contributed by atoms with E-state index in [1.807, 2.05) is 11.7 Å². The lowest BCUT2D eigenvalue weighted by Gasteiger charge is -2.10. The van der Waals surface area contributed by atoms with Crippen LogP contribution in [0.5, 0.6) is 0 Å². The molecule has 3 heterocycles. The Balaban J connectivity index is 1.51. The first-order valence-electron chi connectivity index (χ1n) is 11.0. The fourth-order valence-corrected chi connectivity index (χ4v) is 5.23. The number of methoxy groups -OCH3 is 2. The van der Waals surface area contributed by atoms with E-state index in [-0.39, 0.29) is 0 Å². The van der Waals surface area contributed by atoms with Crippen LogP contribution in [0, 0.1) is 6.92 Å². The van der Waals surface area contributed by atoms with Crippen LogP contribution in [0.15, 0.2) is 46.9 Å². The molecule has 0 radical (unpaired) electrons. The number of hydrogen-bond acceptors (Lipinski definition) is 8. The third-order valence-electron chi connectivity index (χ3n) is 5.57. The van der Waals surface area contributed by atoms with Crippen molar-refractivity contribution in [2.24, 2.45) is 0 Å². The molecule has 0 fully saturated rings. The molecule has 0 bridgehead atoms. The summed E-state index contributed by atoms with van der Waals surface area (Å²) >= 11 is 3.24. The number of nitrogens with zero attached hydrogens (tertiary/aromatic N) is 4. The number of ether oxygens (including phenoxy) is 2. The van der Waals surface area contributed by atoms with Crippen LogP contribution >= 0.6 is 23.3 Å². The Kier molecular flexibility index (Phi) is 6.93. The number of fused-ring (bicyclic) bond motifs is 2. The van der Waals surface area contributed by atoms with Gasteiger partial charge in [-0.15, -0.1) is 11.3 Å². The summed E-state index contributed by atoms with van der Waals surface area (Å²) in [4.78, 5) is 18.7. The zero-order chi connectivity index (χ0) is 23.5. The number of aromatic nitrogens is 5. The van der Waals surface area contributed by atoms with Gasteiger partial charge in [0.05, 0.1) is 46.2 Å². The molecule has 34 heavy (non-hydrogen) atoms. The fraction of sp³-hybridized carbons (Fsp3) is 0.292. The number of nitrogens with one attached hydrogen (secondary N) is 2. The Morgan fingerprint density at radius 2 is 1.97 bits per heavy atom. The summed E-state index contributed by atoms with van der Waals surface area (Å²) < 4.78 is 17.2. The average Bonchev–Trinajstić information content (AvgIpc) is 3.58. The van der Waals surface area contributed by atoms with Gasteiger partial charge in [0.25, 0.3) is 0 Å². The molecule has 2 N–H and O–H groups in total. The van der Waals surface area contributed by atoms with Crippen LogP contribution in [-0.2, 0) is 16.0 Å². The summed E-state index contributed by atoms with van der Waals surface area (Å²) in [6.45, 7) is 4.85. The van der Waals surface area contributed by atoms with Crippen LogP contribution in [0.25, 0.3) is 44.2 Å². The summed E-state index contributed by atoms with van der Waals surface area (Å²) in [7, 11) is 3.42. The number of rotatable bonds is 10. The molecule has 5 aromatic rings. The lowest BCUT2D eigenvalue weighted by molar-refractivity contribution is 0.188. The van der Waals surface area contributed by atoms with Crippen LogP contribution < -0.4 is 4.72 Å². The average molecular weight is 495 g/mol. The normalized spacial score (nSPS) is 11.7. The van der Waals surface area contributed by atoms with Gasteiger partial charge >= 0.3 is 0 Å². The first-order valence-corrected chi connectivity index (χ1v) is 12.6. The molecule has 2 aromatic carbocycles. The van der Waals surface area contributed by atoms with Gasteiger partial charge in [-0.05, 0) is 54.8 Å². The van der Waals surface area contributed by atoms with Gasteiger partial charge in [0.1, 0.15) is 11.5 Å². The van der Waals surface area contributed by atoms with Crippen molar-refractivity contribution in [3.63, 3.8) is 0 Å². The van der Waals surface area contributed by atoms with E-state index in [9.17, 15) is 0 Å². The second-order valence-corrected chi connectivity index (χ2v) is 9.67. The molecule has 0 unspecified atom stereocenters. The van der Waals surface area contributed by atoms with Gasteiger partial charge in [0, 0.05) is 37.8 Å². The van der Waals surface area contributed by atoms with Gasteiger partial charge in [-0.25, -0.2) is 15.0 Å². The van der Waals surface area contributed by atoms with E-state index in [4.69, 9.17) is 14.5 Å². The van der Waals surface area contributed by atoms with Gasteiger partial charge in [-0.3, -0.25) is 4.72 Å². The van der Waals surface area contributed by atoms with E-state index in [2.05, 4.69) is 61.5 Å². The number of imidazole rings is 2. The second-order valence-electron chi connectivity index (χ2n) is 7.86. The Hall–Kier alpha value is -2.76. The molecule has 0 atom stereocenters. The van der Waals surface area contributed by atoms with E-state index in [1.165, 1.54) is 5.56 Å². The lowest BCUT2D eigenvalue weighted by atomic mass is 10.2. The third-order valence-corrected chi connectivity index (χ3v) is 7.39. The molecule has 0 spiro atoms. The second kappa shape index (κ2) is 10.2. The molecule has 10 heteroatoms. The molecule has 176 valence electrons. The van der Waals surface area contributed by atoms with E-state index in [0.29, 0.717) is 19.8 Å². The number of benzene rings is 2. The topological polar surface area (TPSA) is 89.9 Å². The number of thiazole rings is 1. The SMILES string of the molecule is COCCNSc1cc2nc(-c3cnc(-c4ccc5scnc5c4)[nH]3)n(CCOC)c2cc1C. The Bertz CT molecular complexity index is 1420. The highest BCUT2D eigenvalue weighted by Crippen LogP contribution is 2.31. The predicted molar refractivity (Wildman–Crippen MR) is 138 cm³/mol. The van der Waals surface area contributed by atoms with Crippen molar-refractivity contribution in [3.8, 4) is 22.9 Å². The maximum Gasteiger partial charge on any atom is 0.159 e. The summed E-state index contributed by atoms with van der Waals surface area (Å²) in [6, 6.07) is 10.5. The molecule has 5 rings (SSSR count). The third kappa shape index (κ3) is 4.59. The largest absolute Gasteiger partial charge is 0.383 e. The zero-order valence-electron chi connectivity index (χ0n) is 19.3. The number of aryl methyl sites for hydroxylation is 1. The van der Waals surface area contributed by atoms with Crippen LogP contribution in [0.2, 0.25) is 0 Å². The summed E-state index contributed by atoms with van der Waals surface area (Å²) in [5.74, 6) is 1.64. The van der Waals surface area contributed by atoms with Crippen molar-refractivity contribution in [1.29, 1.82) is 0 Å². The minimum atomic E-state index is 0.591. The minimum Gasteiger partial charge on any atom is -0.383 e. The molecule has 8 nitrogen and oxygen atoms in total. The molecule has 0 saturated heterocycles. The fourth-order valence-electron chi connectivity index (χ4n) is 3.84. The molecular formula is C24H26N6O2S2. The first-order chi connectivity index (χ1) is 16.7. The standard InChI is InChI=1S/C24H26N6O2S2/c1-15-10-20-17(12-22(15)34-27-6-8-31-2)29-24(30(20)7-9-32-3)19-13-25-23(28-19)16-4-5-21-18(11-16)26-14-33-21/h4-5,10-14,27H,6-9H2,1-3H3,(H,25,28). The molecular weight excluding hydrogens is 468 g/mol. The molecule has 0 saturated carbocycles. The lowest BCUT2D eigenvalue weighted by Crippen LogP contribution is -2.11. The summed E-state index contributed by atoms with van der Waals surface area (Å²) in [5, 5.41) is 0. The van der Waals surface area contributed by atoms with Gasteiger partial charge < -0.3 is 19.0 Å². The number of aromatic amines is 1. The summed E-state index contributed by atoms with van der Waals surface area (Å²) in [6.07, 6.45) is 1.85. The minimum absolute atomic E-state index is 0.591. The van der Waals surface area contributed by atoms with Gasteiger partial charge in [-0.2, -0.15) is 0 Å². The zero-order valence-corrected chi connectivity index (χ0v) is 20.9. The molecule has 0 aliphatic heterocycles. The highest BCUT2D eigenvalue weighted by atomic mass is 32.2. The van der Waals surface area contributed by atoms with Crippen LogP contribution in [0.4, 0.5) is 0 Å². The summed E-state index contributed by atoms with van der Waals surface area (Å²) in [5.41, 5.74) is 7.91. The molecule has 3 aromatic heterocycles. The van der Waals surface area contributed by atoms with Crippen LogP contribution in [0.3, 0.4) is 0 Å². The van der Waals surface area contributed by atoms with Crippen molar-refractivity contribution < 1.29 is 9.47 Å². The van der Waals surface area contributed by atoms with Crippen molar-refractivity contribution in [3.05, 3.63) is 47.6 Å². The predicted octanol–water partition coefficient (Wildman–Crippen LogP) is 4.90. The number of H-pyrrole nitrogens is 1. The van der Waals surface area contributed by atoms with Crippen molar-refractivity contribution in [2.45, 2.75) is 18.4 Å². The van der Waals surface area contributed by atoms with E-state index in [0.717, 1.165) is 55.6 Å². The van der Waals surface area contributed by atoms with E-state index < -0.39 is 0 Å². The molecule has 0 aliphatic carbocycles. The smallest absolute Gasteiger partial charge is 0.159 e. The van der Waals surface area contributed by atoms with Crippen molar-refractivity contribution in [1.82, 2.24) is 29.2 Å². The Morgan fingerprint density at radius 3 is 2.82 bits per heavy atom. The number of hydrogen-bond donors (Lipinski definition) is 2. The van der Waals surface area contributed by atoms with Crippen LogP contribution in [0.1, 0.15) is 5.56 Å². The quantitative estimate of drug-likeness (QED) is 0.211. The maximum atomic E-state index is 5.39. The van der Waals surface area contributed by atoms with Gasteiger partial charge in [0.15, 0.2) is 5.82 Å².